The van der Waals surface area contributed by atoms with Gasteiger partial charge < -0.3 is 5.32 Å². The van der Waals surface area contributed by atoms with Crippen molar-refractivity contribution in [2.45, 2.75) is 44.4 Å². The summed E-state index contributed by atoms with van der Waals surface area (Å²) in [7, 11) is -4.09. The van der Waals surface area contributed by atoms with E-state index in [1.54, 1.807) is 0 Å². The Balaban J connectivity index is 2.32. The van der Waals surface area contributed by atoms with Gasteiger partial charge >= 0.3 is 6.18 Å². The van der Waals surface area contributed by atoms with Crippen LogP contribution in [0.2, 0.25) is 0 Å². The molecule has 0 amide bonds. The van der Waals surface area contributed by atoms with Crippen molar-refractivity contribution in [3.63, 3.8) is 0 Å². The summed E-state index contributed by atoms with van der Waals surface area (Å²) in [5, 5.41) is 3.18. The molecule has 0 aromatic rings. The van der Waals surface area contributed by atoms with Crippen LogP contribution in [0.15, 0.2) is 0 Å². The van der Waals surface area contributed by atoms with E-state index in [1.165, 1.54) is 4.72 Å². The van der Waals surface area contributed by atoms with Crippen LogP contribution in [0.1, 0.15) is 26.2 Å². The van der Waals surface area contributed by atoms with Gasteiger partial charge in [0.05, 0.1) is 0 Å². The molecule has 0 aromatic heterocycles. The third-order valence-electron chi connectivity index (χ3n) is 2.69. The molecule has 0 spiro atoms. The van der Waals surface area contributed by atoms with E-state index >= 15 is 0 Å². The first-order valence-electron chi connectivity index (χ1n) is 5.75. The molecular formula is C9H18F3N3O2S. The molecule has 1 saturated heterocycles. The topological polar surface area (TPSA) is 70.2 Å². The molecule has 108 valence electrons. The van der Waals surface area contributed by atoms with Gasteiger partial charge in [-0.3, -0.25) is 0 Å². The van der Waals surface area contributed by atoms with Crippen LogP contribution in [0.25, 0.3) is 0 Å². The molecule has 1 aliphatic heterocycles. The lowest BCUT2D eigenvalue weighted by Gasteiger charge is -2.28. The summed E-state index contributed by atoms with van der Waals surface area (Å²) in [4.78, 5) is 0. The highest BCUT2D eigenvalue weighted by Gasteiger charge is 2.29. The van der Waals surface area contributed by atoms with E-state index in [9.17, 15) is 21.6 Å². The molecule has 18 heavy (non-hydrogen) atoms. The maximum absolute atomic E-state index is 11.9. The Morgan fingerprint density at radius 1 is 1.28 bits per heavy atom. The first-order valence-corrected chi connectivity index (χ1v) is 7.23. The molecule has 1 aliphatic rings. The van der Waals surface area contributed by atoms with Crippen molar-refractivity contribution in [1.82, 2.24) is 14.8 Å². The van der Waals surface area contributed by atoms with Gasteiger partial charge in [-0.25, -0.2) is 4.72 Å². The molecule has 1 heterocycles. The van der Waals surface area contributed by atoms with Crippen molar-refractivity contribution in [3.05, 3.63) is 0 Å². The Labute approximate surface area is 105 Å². The van der Waals surface area contributed by atoms with Crippen molar-refractivity contribution in [1.29, 1.82) is 0 Å². The summed E-state index contributed by atoms with van der Waals surface area (Å²) < 4.78 is 61.7. The van der Waals surface area contributed by atoms with E-state index < -0.39 is 22.9 Å². The van der Waals surface area contributed by atoms with E-state index in [4.69, 9.17) is 0 Å². The monoisotopic (exact) mass is 289 g/mol. The molecule has 1 rings (SSSR count). The minimum atomic E-state index is -4.55. The van der Waals surface area contributed by atoms with Crippen molar-refractivity contribution in [2.24, 2.45) is 0 Å². The molecule has 0 saturated carbocycles. The van der Waals surface area contributed by atoms with Gasteiger partial charge in [-0.15, -0.1) is 0 Å². The number of alkyl halides is 3. The van der Waals surface area contributed by atoms with Crippen LogP contribution in [0.3, 0.4) is 0 Å². The highest BCUT2D eigenvalue weighted by Crippen LogP contribution is 2.13. The summed E-state index contributed by atoms with van der Waals surface area (Å²) >= 11 is 0. The number of piperidine rings is 1. The van der Waals surface area contributed by atoms with Gasteiger partial charge in [-0.05, 0) is 19.8 Å². The molecule has 3 N–H and O–H groups in total. The Hall–Kier alpha value is -0.380. The lowest BCUT2D eigenvalue weighted by atomic mass is 10.00. The summed E-state index contributed by atoms with van der Waals surface area (Å²) in [5.74, 6) is 0. The Bertz CT molecular complexity index is 359. The second-order valence-corrected chi connectivity index (χ2v) is 6.07. The van der Waals surface area contributed by atoms with Crippen molar-refractivity contribution in [2.75, 3.05) is 13.1 Å². The van der Waals surface area contributed by atoms with Crippen LogP contribution >= 0.6 is 0 Å². The average Bonchev–Trinajstić information content (AvgIpc) is 2.24. The van der Waals surface area contributed by atoms with Gasteiger partial charge in [-0.2, -0.15) is 26.3 Å². The summed E-state index contributed by atoms with van der Waals surface area (Å²) in [5.41, 5.74) is 0. The van der Waals surface area contributed by atoms with Gasteiger partial charge in [0.2, 0.25) is 0 Å². The lowest BCUT2D eigenvalue weighted by Crippen LogP contribution is -2.50. The molecular weight excluding hydrogens is 271 g/mol. The fourth-order valence-corrected chi connectivity index (χ4v) is 2.71. The van der Waals surface area contributed by atoms with E-state index in [-0.39, 0.29) is 12.6 Å². The van der Waals surface area contributed by atoms with Gasteiger partial charge in [0.1, 0.15) is 6.54 Å². The quantitative estimate of drug-likeness (QED) is 0.690. The van der Waals surface area contributed by atoms with E-state index in [0.29, 0.717) is 6.04 Å². The van der Waals surface area contributed by atoms with E-state index in [1.807, 2.05) is 6.92 Å². The van der Waals surface area contributed by atoms with Crippen LogP contribution in [-0.4, -0.2) is 39.8 Å². The van der Waals surface area contributed by atoms with Gasteiger partial charge in [0, 0.05) is 18.6 Å². The molecule has 0 aromatic carbocycles. The molecule has 5 nitrogen and oxygen atoms in total. The normalized spacial score (nSPS) is 26.2. The zero-order valence-electron chi connectivity index (χ0n) is 10.0. The van der Waals surface area contributed by atoms with Crippen molar-refractivity contribution in [3.8, 4) is 0 Å². The zero-order chi connectivity index (χ0) is 13.8. The van der Waals surface area contributed by atoms with E-state index in [2.05, 4.69) is 10.0 Å². The van der Waals surface area contributed by atoms with Crippen LogP contribution in [0, 0.1) is 0 Å². The fraction of sp³-hybridized carbons (Fsp3) is 1.00. The average molecular weight is 289 g/mol. The van der Waals surface area contributed by atoms with Crippen LogP contribution in [-0.2, 0) is 10.2 Å². The highest BCUT2D eigenvalue weighted by atomic mass is 32.2. The summed E-state index contributed by atoms with van der Waals surface area (Å²) in [6, 6.07) is 0.271. The Morgan fingerprint density at radius 2 is 1.94 bits per heavy atom. The maximum Gasteiger partial charge on any atom is 0.402 e. The SMILES string of the molecule is CC1CCCC(CNS(=O)(=O)NCC(F)(F)F)N1. The molecule has 0 bridgehead atoms. The van der Waals surface area contributed by atoms with Gasteiger partial charge in [0.25, 0.3) is 10.2 Å². The third kappa shape index (κ3) is 6.53. The predicted octanol–water partition coefficient (Wildman–Crippen LogP) is 0.503. The van der Waals surface area contributed by atoms with Crippen LogP contribution in [0.4, 0.5) is 13.2 Å². The first-order chi connectivity index (χ1) is 8.18. The number of hydrogen-bond donors (Lipinski definition) is 3. The zero-order valence-corrected chi connectivity index (χ0v) is 10.9. The van der Waals surface area contributed by atoms with Crippen molar-refractivity contribution < 1.29 is 21.6 Å². The Kier molecular flexibility index (Phi) is 5.38. The summed E-state index contributed by atoms with van der Waals surface area (Å²) in [6.07, 6.45) is -1.73. The van der Waals surface area contributed by atoms with Crippen LogP contribution < -0.4 is 14.8 Å². The first kappa shape index (κ1) is 15.7. The number of hydrogen-bond acceptors (Lipinski definition) is 3. The number of halogens is 3. The van der Waals surface area contributed by atoms with E-state index in [0.717, 1.165) is 19.3 Å². The molecule has 2 atom stereocenters. The van der Waals surface area contributed by atoms with Crippen LogP contribution in [0.5, 0.6) is 0 Å². The maximum atomic E-state index is 11.9. The van der Waals surface area contributed by atoms with Crippen molar-refractivity contribution >= 4 is 10.2 Å². The Morgan fingerprint density at radius 3 is 2.50 bits per heavy atom. The summed E-state index contributed by atoms with van der Waals surface area (Å²) in [6.45, 7) is 0.525. The molecule has 2 unspecified atom stereocenters. The lowest BCUT2D eigenvalue weighted by molar-refractivity contribution is -0.121. The second kappa shape index (κ2) is 6.18. The minimum absolute atomic E-state index is 0.0313. The third-order valence-corrected chi connectivity index (χ3v) is 3.76. The molecule has 0 radical (unpaired) electrons. The predicted molar refractivity (Wildman–Crippen MR) is 61.2 cm³/mol. The van der Waals surface area contributed by atoms with Gasteiger partial charge in [0.15, 0.2) is 0 Å². The smallest absolute Gasteiger partial charge is 0.310 e. The second-order valence-electron chi connectivity index (χ2n) is 4.48. The largest absolute Gasteiger partial charge is 0.402 e. The standard InChI is InChI=1S/C9H18F3N3O2S/c1-7-3-2-4-8(15-7)5-13-18(16,17)14-6-9(10,11)12/h7-8,13-15H,2-6H2,1H3. The van der Waals surface area contributed by atoms with Gasteiger partial charge in [-0.1, -0.05) is 6.42 Å². The molecule has 0 aliphatic carbocycles. The minimum Gasteiger partial charge on any atom is -0.310 e. The number of nitrogens with one attached hydrogen (secondary N) is 3. The number of rotatable bonds is 5. The molecule has 1 fully saturated rings. The fourth-order valence-electron chi connectivity index (χ4n) is 1.84. The molecule has 9 heteroatoms. The highest BCUT2D eigenvalue weighted by molar-refractivity contribution is 7.87.